The predicted octanol–water partition coefficient (Wildman–Crippen LogP) is 4.06. The molecule has 0 bridgehead atoms. The first kappa shape index (κ1) is 22.9. The molecule has 172 valence electrons. The Morgan fingerprint density at radius 1 is 1.06 bits per heavy atom. The maximum atomic E-state index is 13.1. The predicted molar refractivity (Wildman–Crippen MR) is 117 cm³/mol. The highest BCUT2D eigenvalue weighted by Gasteiger charge is 2.33. The highest BCUT2D eigenvalue weighted by atomic mass is 35.5. The van der Waals surface area contributed by atoms with Crippen LogP contribution in [-0.4, -0.2) is 35.9 Å². The van der Waals surface area contributed by atoms with E-state index in [1.807, 2.05) is 0 Å². The van der Waals surface area contributed by atoms with Crippen LogP contribution in [0.1, 0.15) is 11.1 Å². The summed E-state index contributed by atoms with van der Waals surface area (Å²) in [5.74, 6) is 1.43. The van der Waals surface area contributed by atoms with E-state index in [4.69, 9.17) is 25.8 Å². The average molecular weight is 498 g/mol. The standard InChI is InChI=1S/C21H15ClF3N3O4S/c1-30-14-8-11(9-15(31-2)17(14)32-3)18-26-20-28(27-18)19(29)16(33-20)7-10-4-5-13(22)12(6-10)21(23,24)25/h4-9H,1-3H3/b16-7-. The Morgan fingerprint density at radius 3 is 2.27 bits per heavy atom. The SMILES string of the molecule is COc1cc(-c2nc3s/c(=C\c4ccc(Cl)c(C(F)(F)F)c4)c(=O)n3n2)cc(OC)c1OC. The molecule has 0 spiro atoms. The van der Waals surface area contributed by atoms with Crippen molar-refractivity contribution in [2.45, 2.75) is 6.18 Å². The maximum absolute atomic E-state index is 13.1. The summed E-state index contributed by atoms with van der Waals surface area (Å²) in [5, 5.41) is 3.84. The number of nitrogens with zero attached hydrogens (tertiary/aromatic N) is 3. The number of alkyl halides is 3. The molecule has 0 unspecified atom stereocenters. The lowest BCUT2D eigenvalue weighted by molar-refractivity contribution is -0.137. The number of aromatic nitrogens is 3. The van der Waals surface area contributed by atoms with Crippen molar-refractivity contribution in [3.05, 3.63) is 61.4 Å². The lowest BCUT2D eigenvalue weighted by Crippen LogP contribution is -2.23. The number of fused-ring (bicyclic) bond motifs is 1. The molecular weight excluding hydrogens is 483 g/mol. The van der Waals surface area contributed by atoms with Crippen molar-refractivity contribution in [1.82, 2.24) is 14.6 Å². The highest BCUT2D eigenvalue weighted by Crippen LogP contribution is 2.40. The van der Waals surface area contributed by atoms with Crippen LogP contribution in [-0.2, 0) is 6.18 Å². The van der Waals surface area contributed by atoms with Gasteiger partial charge in [-0.15, -0.1) is 5.10 Å². The molecule has 0 saturated carbocycles. The fourth-order valence-electron chi connectivity index (χ4n) is 3.17. The monoisotopic (exact) mass is 497 g/mol. The summed E-state index contributed by atoms with van der Waals surface area (Å²) in [6.07, 6.45) is -3.27. The Balaban J connectivity index is 1.79. The third-order valence-corrected chi connectivity index (χ3v) is 5.99. The van der Waals surface area contributed by atoms with E-state index < -0.39 is 22.3 Å². The van der Waals surface area contributed by atoms with Crippen LogP contribution in [0.2, 0.25) is 5.02 Å². The van der Waals surface area contributed by atoms with Crippen molar-refractivity contribution in [2.75, 3.05) is 21.3 Å². The summed E-state index contributed by atoms with van der Waals surface area (Å²) >= 11 is 6.66. The molecule has 33 heavy (non-hydrogen) atoms. The van der Waals surface area contributed by atoms with Gasteiger partial charge in [-0.1, -0.05) is 29.0 Å². The zero-order chi connectivity index (χ0) is 23.9. The minimum absolute atomic E-state index is 0.178. The van der Waals surface area contributed by atoms with Gasteiger partial charge in [0.15, 0.2) is 17.3 Å². The summed E-state index contributed by atoms with van der Waals surface area (Å²) in [7, 11) is 4.42. The molecule has 12 heteroatoms. The van der Waals surface area contributed by atoms with E-state index in [-0.39, 0.29) is 20.9 Å². The molecule has 0 aliphatic rings. The van der Waals surface area contributed by atoms with E-state index in [1.165, 1.54) is 33.5 Å². The summed E-state index contributed by atoms with van der Waals surface area (Å²) in [4.78, 5) is 17.5. The van der Waals surface area contributed by atoms with Crippen molar-refractivity contribution in [1.29, 1.82) is 0 Å². The van der Waals surface area contributed by atoms with Gasteiger partial charge in [0.2, 0.25) is 10.7 Å². The average Bonchev–Trinajstić information content (AvgIpc) is 3.32. The molecule has 0 atom stereocenters. The van der Waals surface area contributed by atoms with Gasteiger partial charge >= 0.3 is 6.18 Å². The normalized spacial score (nSPS) is 12.4. The Hall–Kier alpha value is -3.31. The van der Waals surface area contributed by atoms with E-state index in [1.54, 1.807) is 12.1 Å². The number of methoxy groups -OCH3 is 3. The number of hydrogen-bond donors (Lipinski definition) is 0. The Morgan fingerprint density at radius 2 is 1.73 bits per heavy atom. The molecule has 0 aliphatic heterocycles. The second kappa shape index (κ2) is 8.56. The number of rotatable bonds is 5. The molecule has 2 aromatic heterocycles. The first-order valence-corrected chi connectivity index (χ1v) is 10.4. The zero-order valence-electron chi connectivity index (χ0n) is 17.4. The van der Waals surface area contributed by atoms with Crippen LogP contribution in [0.15, 0.2) is 35.1 Å². The molecule has 0 amide bonds. The van der Waals surface area contributed by atoms with Crippen LogP contribution in [0.25, 0.3) is 22.4 Å². The molecule has 4 rings (SSSR count). The van der Waals surface area contributed by atoms with Gasteiger partial charge in [0.05, 0.1) is 36.4 Å². The van der Waals surface area contributed by atoms with Gasteiger partial charge < -0.3 is 14.2 Å². The van der Waals surface area contributed by atoms with Crippen molar-refractivity contribution in [3.8, 4) is 28.6 Å². The van der Waals surface area contributed by atoms with Crippen LogP contribution in [0, 0.1) is 0 Å². The number of benzene rings is 2. The third-order valence-electron chi connectivity index (χ3n) is 4.70. The van der Waals surface area contributed by atoms with Gasteiger partial charge in [0.25, 0.3) is 5.56 Å². The van der Waals surface area contributed by atoms with Gasteiger partial charge in [0.1, 0.15) is 0 Å². The van der Waals surface area contributed by atoms with E-state index in [9.17, 15) is 18.0 Å². The van der Waals surface area contributed by atoms with Crippen LogP contribution in [0.5, 0.6) is 17.2 Å². The molecule has 0 fully saturated rings. The summed E-state index contributed by atoms with van der Waals surface area (Å²) in [6, 6.07) is 6.71. The van der Waals surface area contributed by atoms with Crippen molar-refractivity contribution < 1.29 is 27.4 Å². The molecule has 0 saturated heterocycles. The highest BCUT2D eigenvalue weighted by molar-refractivity contribution is 7.15. The Bertz CT molecular complexity index is 1440. The molecule has 0 radical (unpaired) electrons. The van der Waals surface area contributed by atoms with E-state index in [0.717, 1.165) is 28.0 Å². The lowest BCUT2D eigenvalue weighted by atomic mass is 10.1. The second-order valence-corrected chi connectivity index (χ2v) is 8.11. The lowest BCUT2D eigenvalue weighted by Gasteiger charge is -2.12. The summed E-state index contributed by atoms with van der Waals surface area (Å²) < 4.78 is 56.6. The Kier molecular flexibility index (Phi) is 5.93. The topological polar surface area (TPSA) is 75.0 Å². The van der Waals surface area contributed by atoms with Crippen molar-refractivity contribution in [2.24, 2.45) is 0 Å². The summed E-state index contributed by atoms with van der Waals surface area (Å²) in [5.41, 5.74) is -0.782. The fourth-order valence-corrected chi connectivity index (χ4v) is 4.30. The minimum Gasteiger partial charge on any atom is -0.493 e. The largest absolute Gasteiger partial charge is 0.493 e. The first-order chi connectivity index (χ1) is 15.7. The number of thiazole rings is 1. The van der Waals surface area contributed by atoms with E-state index >= 15 is 0 Å². The molecular formula is C21H15ClF3N3O4S. The molecule has 7 nitrogen and oxygen atoms in total. The molecule has 2 aromatic carbocycles. The molecule has 0 N–H and O–H groups in total. The number of hydrogen-bond acceptors (Lipinski definition) is 7. The third kappa shape index (κ3) is 4.21. The van der Waals surface area contributed by atoms with E-state index in [2.05, 4.69) is 10.1 Å². The molecule has 2 heterocycles. The number of ether oxygens (including phenoxy) is 3. The van der Waals surface area contributed by atoms with Crippen LogP contribution in [0.4, 0.5) is 13.2 Å². The maximum Gasteiger partial charge on any atom is 0.417 e. The molecule has 0 aliphatic carbocycles. The van der Waals surface area contributed by atoms with Gasteiger partial charge in [-0.3, -0.25) is 4.79 Å². The smallest absolute Gasteiger partial charge is 0.417 e. The van der Waals surface area contributed by atoms with Gasteiger partial charge in [-0.25, -0.2) is 0 Å². The second-order valence-electron chi connectivity index (χ2n) is 6.70. The van der Waals surface area contributed by atoms with Crippen LogP contribution in [0.3, 0.4) is 0 Å². The zero-order valence-corrected chi connectivity index (χ0v) is 18.9. The van der Waals surface area contributed by atoms with Crippen LogP contribution < -0.4 is 24.3 Å². The van der Waals surface area contributed by atoms with Crippen molar-refractivity contribution >= 4 is 34.0 Å². The quantitative estimate of drug-likeness (QED) is 0.414. The number of halogens is 4. The van der Waals surface area contributed by atoms with Gasteiger partial charge in [-0.2, -0.15) is 22.7 Å². The Labute approximate surface area is 193 Å². The van der Waals surface area contributed by atoms with Gasteiger partial charge in [-0.05, 0) is 35.9 Å². The first-order valence-electron chi connectivity index (χ1n) is 9.24. The summed E-state index contributed by atoms with van der Waals surface area (Å²) in [6.45, 7) is 0. The van der Waals surface area contributed by atoms with Crippen LogP contribution >= 0.6 is 22.9 Å². The van der Waals surface area contributed by atoms with Crippen molar-refractivity contribution in [3.63, 3.8) is 0 Å². The molecule has 4 aromatic rings. The van der Waals surface area contributed by atoms with Gasteiger partial charge in [0, 0.05) is 5.56 Å². The fraction of sp³-hybridized carbons (Fsp3) is 0.190. The minimum atomic E-state index is -4.61. The van der Waals surface area contributed by atoms with E-state index in [0.29, 0.717) is 22.8 Å².